The molecule has 37 heavy (non-hydrogen) atoms. The number of nitrogens with one attached hydrogen (secondary N) is 2. The molecule has 1 aliphatic rings. The van der Waals surface area contributed by atoms with E-state index in [4.69, 9.17) is 9.84 Å². The van der Waals surface area contributed by atoms with Gasteiger partial charge in [0.1, 0.15) is 18.1 Å². The number of carboxylic acid groups (broad SMARTS) is 1. The number of carbonyl (C=O) groups is 3. The molecule has 1 aliphatic heterocycles. The molecule has 3 N–H and O–H groups in total. The highest BCUT2D eigenvalue weighted by Crippen LogP contribution is 2.37. The second kappa shape index (κ2) is 11.0. The van der Waals surface area contributed by atoms with Crippen LogP contribution in [0.5, 0.6) is 5.75 Å². The lowest BCUT2D eigenvalue weighted by atomic mass is 10.1. The number of aryl methyl sites for hydroxylation is 1. The van der Waals surface area contributed by atoms with Gasteiger partial charge in [0.2, 0.25) is 0 Å². The molecule has 0 fully saturated rings. The Kier molecular flexibility index (Phi) is 7.63. The first-order valence-electron chi connectivity index (χ1n) is 11.8. The minimum Gasteiger partial charge on any atom is -0.493 e. The number of anilines is 3. The number of hydrogen-bond donors (Lipinski definition) is 3. The van der Waals surface area contributed by atoms with Crippen LogP contribution in [0.15, 0.2) is 48.8 Å². The number of carbonyl (C=O) groups excluding carboxylic acids is 2. The summed E-state index contributed by atoms with van der Waals surface area (Å²) in [7, 11) is 1.73. The minimum absolute atomic E-state index is 0.155. The van der Waals surface area contributed by atoms with Crippen molar-refractivity contribution in [2.75, 3.05) is 36.5 Å². The van der Waals surface area contributed by atoms with E-state index in [9.17, 15) is 14.4 Å². The number of nitrogens with zero attached hydrogens (tertiary/aromatic N) is 4. The first kappa shape index (κ1) is 25.6. The average molecular weight is 505 g/mol. The Hall–Kier alpha value is -4.51. The fourth-order valence-corrected chi connectivity index (χ4v) is 4.06. The largest absolute Gasteiger partial charge is 0.493 e. The fourth-order valence-electron chi connectivity index (χ4n) is 4.06. The minimum atomic E-state index is -1.08. The quantitative estimate of drug-likeness (QED) is 0.375. The molecule has 11 heteroatoms. The van der Waals surface area contributed by atoms with Crippen molar-refractivity contribution in [1.82, 2.24) is 20.8 Å². The predicted molar refractivity (Wildman–Crippen MR) is 137 cm³/mol. The first-order chi connectivity index (χ1) is 17.8. The van der Waals surface area contributed by atoms with Gasteiger partial charge in [-0.15, -0.1) is 0 Å². The summed E-state index contributed by atoms with van der Waals surface area (Å²) in [6.07, 6.45) is 3.97. The maximum Gasteiger partial charge on any atom is 0.319 e. The van der Waals surface area contributed by atoms with Gasteiger partial charge in [-0.1, -0.05) is 0 Å². The standard InChI is InChI=1S/C26H28N6O5/c1-4-32-23-19(26(36)31(3)20-6-5-10-27-24(20)32)13-17(14-28-23)9-11-37-21-8-7-18(12-16(21)2)25(35)30-29-15-22(33)34/h5-8,10,12-14,29H,4,9,11,15H2,1-3H3,(H,30,35)(H,33,34). The van der Waals surface area contributed by atoms with Crippen molar-refractivity contribution in [3.8, 4) is 5.75 Å². The zero-order valence-corrected chi connectivity index (χ0v) is 20.8. The molecule has 3 aromatic rings. The van der Waals surface area contributed by atoms with Gasteiger partial charge in [-0.25, -0.2) is 15.4 Å². The van der Waals surface area contributed by atoms with Crippen molar-refractivity contribution in [2.24, 2.45) is 0 Å². The van der Waals surface area contributed by atoms with E-state index in [0.717, 1.165) is 16.8 Å². The lowest BCUT2D eigenvalue weighted by Crippen LogP contribution is -2.40. The third-order valence-electron chi connectivity index (χ3n) is 5.94. The number of aromatic nitrogens is 2. The zero-order valence-electron chi connectivity index (χ0n) is 20.8. The van der Waals surface area contributed by atoms with E-state index < -0.39 is 11.9 Å². The zero-order chi connectivity index (χ0) is 26.5. The molecule has 0 aliphatic carbocycles. The number of hydrogen-bond acceptors (Lipinski definition) is 8. The Morgan fingerprint density at radius 2 is 1.95 bits per heavy atom. The van der Waals surface area contributed by atoms with Crippen LogP contribution in [-0.2, 0) is 11.2 Å². The van der Waals surface area contributed by atoms with E-state index in [1.807, 2.05) is 30.9 Å². The molecule has 0 unspecified atom stereocenters. The van der Waals surface area contributed by atoms with Crippen molar-refractivity contribution < 1.29 is 24.2 Å². The Bertz CT molecular complexity index is 1340. The molecule has 2 aromatic heterocycles. The van der Waals surface area contributed by atoms with Gasteiger partial charge in [-0.2, -0.15) is 0 Å². The van der Waals surface area contributed by atoms with Gasteiger partial charge < -0.3 is 19.6 Å². The summed E-state index contributed by atoms with van der Waals surface area (Å²) in [5.74, 6) is 0.203. The van der Waals surface area contributed by atoms with E-state index in [2.05, 4.69) is 20.8 Å². The molecule has 11 nitrogen and oxygen atoms in total. The number of pyridine rings is 2. The third-order valence-corrected chi connectivity index (χ3v) is 5.94. The number of hydrazine groups is 1. The van der Waals surface area contributed by atoms with Crippen LogP contribution in [0.1, 0.15) is 38.8 Å². The Morgan fingerprint density at radius 1 is 1.14 bits per heavy atom. The number of carboxylic acids is 1. The predicted octanol–water partition coefficient (Wildman–Crippen LogP) is 2.47. The van der Waals surface area contributed by atoms with Crippen molar-refractivity contribution in [3.05, 3.63) is 71.0 Å². The molecular formula is C26H28N6O5. The van der Waals surface area contributed by atoms with Crippen LogP contribution >= 0.6 is 0 Å². The van der Waals surface area contributed by atoms with E-state index in [1.165, 1.54) is 0 Å². The molecule has 192 valence electrons. The number of rotatable bonds is 9. The molecule has 0 radical (unpaired) electrons. The van der Waals surface area contributed by atoms with Crippen molar-refractivity contribution in [1.29, 1.82) is 0 Å². The normalized spacial score (nSPS) is 12.5. The van der Waals surface area contributed by atoms with Gasteiger partial charge in [0.15, 0.2) is 5.82 Å². The molecule has 0 atom stereocenters. The van der Waals surface area contributed by atoms with Gasteiger partial charge >= 0.3 is 5.97 Å². The van der Waals surface area contributed by atoms with Gasteiger partial charge in [-0.05, 0) is 61.4 Å². The fraction of sp³-hybridized carbons (Fsp3) is 0.269. The molecule has 0 spiro atoms. The highest BCUT2D eigenvalue weighted by Gasteiger charge is 2.30. The van der Waals surface area contributed by atoms with E-state index in [0.29, 0.717) is 48.1 Å². The summed E-state index contributed by atoms with van der Waals surface area (Å²) in [4.78, 5) is 48.6. The summed E-state index contributed by atoms with van der Waals surface area (Å²) >= 11 is 0. The highest BCUT2D eigenvalue weighted by molar-refractivity contribution is 6.12. The lowest BCUT2D eigenvalue weighted by Gasteiger charge is -2.22. The SMILES string of the molecule is CCN1c2ncc(CCOc3ccc(C(=O)NNCC(=O)O)cc3C)cc2C(=O)N(C)c2cccnc21. The Labute approximate surface area is 214 Å². The van der Waals surface area contributed by atoms with Crippen molar-refractivity contribution in [3.63, 3.8) is 0 Å². The molecule has 0 bridgehead atoms. The molecule has 4 rings (SSSR count). The van der Waals surface area contributed by atoms with Crippen LogP contribution in [-0.4, -0.2) is 59.6 Å². The van der Waals surface area contributed by atoms with Gasteiger partial charge in [0.25, 0.3) is 11.8 Å². The van der Waals surface area contributed by atoms with E-state index in [-0.39, 0.29) is 12.5 Å². The third kappa shape index (κ3) is 5.51. The van der Waals surface area contributed by atoms with Crippen molar-refractivity contribution in [2.45, 2.75) is 20.3 Å². The average Bonchev–Trinajstić information content (AvgIpc) is 2.97. The Balaban J connectivity index is 1.44. The first-order valence-corrected chi connectivity index (χ1v) is 11.8. The summed E-state index contributed by atoms with van der Waals surface area (Å²) in [5.41, 5.74) is 7.89. The summed E-state index contributed by atoms with van der Waals surface area (Å²) < 4.78 is 5.93. The maximum absolute atomic E-state index is 13.3. The van der Waals surface area contributed by atoms with Gasteiger partial charge in [0.05, 0.1) is 17.9 Å². The van der Waals surface area contributed by atoms with Crippen LogP contribution in [0.3, 0.4) is 0 Å². The summed E-state index contributed by atoms with van der Waals surface area (Å²) in [6.45, 7) is 4.38. The van der Waals surface area contributed by atoms with Crippen LogP contribution < -0.4 is 25.4 Å². The smallest absolute Gasteiger partial charge is 0.319 e. The van der Waals surface area contributed by atoms with Crippen LogP contribution in [0.4, 0.5) is 17.3 Å². The van der Waals surface area contributed by atoms with Crippen LogP contribution in [0, 0.1) is 6.92 Å². The van der Waals surface area contributed by atoms with Gasteiger partial charge in [0, 0.05) is 38.0 Å². The molecule has 2 amide bonds. The van der Waals surface area contributed by atoms with Gasteiger partial charge in [-0.3, -0.25) is 19.8 Å². The molecular weight excluding hydrogens is 476 g/mol. The Morgan fingerprint density at radius 3 is 2.68 bits per heavy atom. The van der Waals surface area contributed by atoms with Crippen molar-refractivity contribution >= 4 is 35.1 Å². The van der Waals surface area contributed by atoms with E-state index >= 15 is 0 Å². The molecule has 0 saturated carbocycles. The monoisotopic (exact) mass is 504 g/mol. The number of fused-ring (bicyclic) bond motifs is 2. The second-order valence-electron chi connectivity index (χ2n) is 8.45. The van der Waals surface area contributed by atoms with Crippen LogP contribution in [0.2, 0.25) is 0 Å². The number of aliphatic carboxylic acids is 1. The number of ether oxygens (including phenoxy) is 1. The maximum atomic E-state index is 13.3. The topological polar surface area (TPSA) is 137 Å². The summed E-state index contributed by atoms with van der Waals surface area (Å²) in [6, 6.07) is 10.5. The number of benzene rings is 1. The number of amides is 2. The second-order valence-corrected chi connectivity index (χ2v) is 8.45. The highest BCUT2D eigenvalue weighted by atomic mass is 16.5. The molecule has 0 saturated heterocycles. The molecule has 1 aromatic carbocycles. The van der Waals surface area contributed by atoms with Crippen LogP contribution in [0.25, 0.3) is 0 Å². The lowest BCUT2D eigenvalue weighted by molar-refractivity contribution is -0.136. The molecule has 3 heterocycles. The van der Waals surface area contributed by atoms with E-state index in [1.54, 1.807) is 48.6 Å². The summed E-state index contributed by atoms with van der Waals surface area (Å²) in [5, 5.41) is 8.64.